The van der Waals surface area contributed by atoms with Crippen molar-refractivity contribution >= 4 is 12.0 Å². The first-order chi connectivity index (χ1) is 13.0. The molecule has 148 valence electrons. The van der Waals surface area contributed by atoms with Crippen LogP contribution in [0.15, 0.2) is 24.3 Å². The zero-order chi connectivity index (χ0) is 19.6. The van der Waals surface area contributed by atoms with E-state index in [-0.39, 0.29) is 18.3 Å². The molecule has 0 aromatic heterocycles. The number of aromatic hydroxyl groups is 1. The molecule has 0 atom stereocenters. The molecule has 2 rings (SSSR count). The van der Waals surface area contributed by atoms with Crippen LogP contribution in [0.5, 0.6) is 11.5 Å². The van der Waals surface area contributed by atoms with Gasteiger partial charge in [-0.25, -0.2) is 0 Å². The van der Waals surface area contributed by atoms with E-state index in [1.165, 1.54) is 19.3 Å². The third kappa shape index (κ3) is 7.14. The number of phenols is 1. The molecule has 1 amide bonds. The number of ether oxygens (including phenoxy) is 1. The van der Waals surface area contributed by atoms with Crippen molar-refractivity contribution in [2.75, 3.05) is 39.9 Å². The van der Waals surface area contributed by atoms with Crippen LogP contribution in [0.4, 0.5) is 0 Å². The molecule has 0 unspecified atom stereocenters. The second kappa shape index (κ2) is 10.4. The summed E-state index contributed by atoms with van der Waals surface area (Å²) in [5.74, 6) is 0.621. The number of amides is 1. The SMILES string of the molecule is COc1cc(/C=C/C(=O)NCC2CCN(CCO[N+](=O)[O-])CC2)ccc1O. The Morgan fingerprint density at radius 3 is 2.85 bits per heavy atom. The minimum Gasteiger partial charge on any atom is -0.504 e. The number of methoxy groups -OCH3 is 1. The molecule has 1 heterocycles. The van der Waals surface area contributed by atoms with Gasteiger partial charge < -0.3 is 24.9 Å². The Balaban J connectivity index is 1.68. The van der Waals surface area contributed by atoms with E-state index in [0.717, 1.165) is 31.5 Å². The van der Waals surface area contributed by atoms with Crippen LogP contribution in [0.25, 0.3) is 6.08 Å². The van der Waals surface area contributed by atoms with Crippen molar-refractivity contribution in [3.63, 3.8) is 0 Å². The number of rotatable bonds is 9. The van der Waals surface area contributed by atoms with Crippen LogP contribution in [0.1, 0.15) is 18.4 Å². The molecule has 9 nitrogen and oxygen atoms in total. The molecular weight excluding hydrogens is 354 g/mol. The fraction of sp³-hybridized carbons (Fsp3) is 0.500. The topological polar surface area (TPSA) is 114 Å². The molecule has 0 radical (unpaired) electrons. The zero-order valence-electron chi connectivity index (χ0n) is 15.3. The molecule has 1 aliphatic heterocycles. The summed E-state index contributed by atoms with van der Waals surface area (Å²) >= 11 is 0. The summed E-state index contributed by atoms with van der Waals surface area (Å²) in [5, 5.41) is 21.8. The summed E-state index contributed by atoms with van der Waals surface area (Å²) in [6, 6.07) is 4.86. The maximum absolute atomic E-state index is 12.0. The molecule has 0 bridgehead atoms. The van der Waals surface area contributed by atoms with Gasteiger partial charge in [0.2, 0.25) is 5.91 Å². The lowest BCUT2D eigenvalue weighted by atomic mass is 9.97. The van der Waals surface area contributed by atoms with Crippen LogP contribution >= 0.6 is 0 Å². The standard InChI is InChI=1S/C18H25N3O6/c1-26-17-12-14(2-4-16(17)22)3-5-18(23)19-13-15-6-8-20(9-7-15)10-11-27-21(24)25/h2-5,12,15,22H,6-11,13H2,1H3,(H,19,23)/b5-3+. The lowest BCUT2D eigenvalue weighted by Crippen LogP contribution is -2.39. The van der Waals surface area contributed by atoms with Gasteiger partial charge in [-0.05, 0) is 55.6 Å². The number of nitrogens with one attached hydrogen (secondary N) is 1. The van der Waals surface area contributed by atoms with E-state index in [4.69, 9.17) is 4.74 Å². The fourth-order valence-electron chi connectivity index (χ4n) is 2.93. The Kier molecular flexibility index (Phi) is 7.87. The second-order valence-corrected chi connectivity index (χ2v) is 6.35. The van der Waals surface area contributed by atoms with Crippen molar-refractivity contribution in [3.8, 4) is 11.5 Å². The number of hydrogen-bond donors (Lipinski definition) is 2. The van der Waals surface area contributed by atoms with Crippen molar-refractivity contribution < 1.29 is 24.6 Å². The van der Waals surface area contributed by atoms with Crippen molar-refractivity contribution in [1.29, 1.82) is 0 Å². The number of carbonyl (C=O) groups is 1. The van der Waals surface area contributed by atoms with E-state index in [1.807, 2.05) is 0 Å². The van der Waals surface area contributed by atoms with Crippen molar-refractivity contribution in [2.45, 2.75) is 12.8 Å². The molecule has 1 fully saturated rings. The first kappa shape index (κ1) is 20.5. The predicted molar refractivity (Wildman–Crippen MR) is 98.8 cm³/mol. The molecule has 0 spiro atoms. The van der Waals surface area contributed by atoms with E-state index < -0.39 is 5.09 Å². The van der Waals surface area contributed by atoms with Crippen molar-refractivity contribution in [2.24, 2.45) is 5.92 Å². The summed E-state index contributed by atoms with van der Waals surface area (Å²) in [5.41, 5.74) is 0.755. The van der Waals surface area contributed by atoms with Gasteiger partial charge in [0, 0.05) is 19.2 Å². The summed E-state index contributed by atoms with van der Waals surface area (Å²) in [7, 11) is 1.47. The monoisotopic (exact) mass is 379 g/mol. The third-order valence-electron chi connectivity index (χ3n) is 4.51. The number of piperidine rings is 1. The van der Waals surface area contributed by atoms with E-state index >= 15 is 0 Å². The summed E-state index contributed by atoms with van der Waals surface area (Å²) in [6.45, 7) is 2.90. The lowest BCUT2D eigenvalue weighted by molar-refractivity contribution is -0.757. The molecule has 2 N–H and O–H groups in total. The van der Waals surface area contributed by atoms with E-state index in [9.17, 15) is 20.0 Å². The zero-order valence-corrected chi connectivity index (χ0v) is 15.3. The maximum Gasteiger partial charge on any atom is 0.294 e. The highest BCUT2D eigenvalue weighted by Crippen LogP contribution is 2.26. The van der Waals surface area contributed by atoms with Gasteiger partial charge in [-0.15, -0.1) is 10.1 Å². The Labute approximate surface area is 157 Å². The summed E-state index contributed by atoms with van der Waals surface area (Å²) in [6.07, 6.45) is 4.97. The highest BCUT2D eigenvalue weighted by molar-refractivity contribution is 5.91. The number of nitrogens with zero attached hydrogens (tertiary/aromatic N) is 2. The van der Waals surface area contributed by atoms with Crippen LogP contribution in [0.3, 0.4) is 0 Å². The van der Waals surface area contributed by atoms with Gasteiger partial charge in [0.05, 0.1) is 7.11 Å². The van der Waals surface area contributed by atoms with E-state index in [0.29, 0.717) is 24.8 Å². The molecular formula is C18H25N3O6. The van der Waals surface area contributed by atoms with Crippen LogP contribution < -0.4 is 10.1 Å². The van der Waals surface area contributed by atoms with Gasteiger partial charge in [0.15, 0.2) is 11.5 Å². The first-order valence-corrected chi connectivity index (χ1v) is 8.80. The largest absolute Gasteiger partial charge is 0.504 e. The molecule has 27 heavy (non-hydrogen) atoms. The number of hydrogen-bond acceptors (Lipinski definition) is 7. The highest BCUT2D eigenvalue weighted by Gasteiger charge is 2.19. The number of carbonyl (C=O) groups excluding carboxylic acids is 1. The summed E-state index contributed by atoms with van der Waals surface area (Å²) < 4.78 is 5.03. The molecule has 1 aromatic rings. The highest BCUT2D eigenvalue weighted by atomic mass is 16.9. The Morgan fingerprint density at radius 2 is 2.19 bits per heavy atom. The normalized spacial score (nSPS) is 15.6. The lowest BCUT2D eigenvalue weighted by Gasteiger charge is -2.31. The first-order valence-electron chi connectivity index (χ1n) is 8.80. The molecule has 1 aliphatic rings. The third-order valence-corrected chi connectivity index (χ3v) is 4.51. The Hall–Kier alpha value is -2.81. The molecule has 1 saturated heterocycles. The number of likely N-dealkylation sites (tertiary alicyclic amines) is 1. The average molecular weight is 379 g/mol. The van der Waals surface area contributed by atoms with Gasteiger partial charge in [-0.2, -0.15) is 0 Å². The molecule has 1 aromatic carbocycles. The maximum atomic E-state index is 12.0. The smallest absolute Gasteiger partial charge is 0.294 e. The number of benzene rings is 1. The van der Waals surface area contributed by atoms with Gasteiger partial charge in [-0.1, -0.05) is 6.07 Å². The van der Waals surface area contributed by atoms with Crippen molar-refractivity contribution in [3.05, 3.63) is 40.0 Å². The van der Waals surface area contributed by atoms with Gasteiger partial charge >= 0.3 is 0 Å². The Bertz CT molecular complexity index is 671. The predicted octanol–water partition coefficient (Wildman–Crippen LogP) is 1.45. The minimum absolute atomic E-state index is 0.0513. The number of phenolic OH excluding ortho intramolecular Hbond substituents is 1. The molecule has 0 saturated carbocycles. The van der Waals surface area contributed by atoms with Gasteiger partial charge in [0.25, 0.3) is 5.09 Å². The van der Waals surface area contributed by atoms with Gasteiger partial charge in [-0.3, -0.25) is 4.79 Å². The van der Waals surface area contributed by atoms with Crippen LogP contribution in [0.2, 0.25) is 0 Å². The fourth-order valence-corrected chi connectivity index (χ4v) is 2.93. The minimum atomic E-state index is -0.774. The summed E-state index contributed by atoms with van der Waals surface area (Å²) in [4.78, 5) is 28.6. The van der Waals surface area contributed by atoms with Crippen molar-refractivity contribution in [1.82, 2.24) is 10.2 Å². The van der Waals surface area contributed by atoms with Crippen LogP contribution in [0, 0.1) is 16.0 Å². The van der Waals surface area contributed by atoms with Crippen LogP contribution in [-0.2, 0) is 9.63 Å². The second-order valence-electron chi connectivity index (χ2n) is 6.35. The van der Waals surface area contributed by atoms with Crippen LogP contribution in [-0.4, -0.2) is 60.9 Å². The molecule has 0 aliphatic carbocycles. The Morgan fingerprint density at radius 1 is 1.44 bits per heavy atom. The van der Waals surface area contributed by atoms with Gasteiger partial charge in [0.1, 0.15) is 6.61 Å². The average Bonchev–Trinajstić information content (AvgIpc) is 2.66. The molecule has 9 heteroatoms. The quantitative estimate of drug-likeness (QED) is 0.379. The van der Waals surface area contributed by atoms with E-state index in [2.05, 4.69) is 15.1 Å². The van der Waals surface area contributed by atoms with E-state index in [1.54, 1.807) is 18.2 Å².